The number of nitrogens with two attached hydrogens (primary N) is 2. The lowest BCUT2D eigenvalue weighted by atomic mass is 10.0. The van der Waals surface area contributed by atoms with E-state index in [4.69, 9.17) is 16.2 Å². The van der Waals surface area contributed by atoms with E-state index >= 15 is 0 Å². The molecule has 0 aliphatic carbocycles. The number of ether oxygens (including phenoxy) is 1. The SMILES string of the molecule is CNC(=O)C1=C(N)CN(CC2CC(F)(F)[C@H](n3ccc(N)nc3=O)O2)CC1. The van der Waals surface area contributed by atoms with Crippen molar-refractivity contribution in [2.45, 2.75) is 31.1 Å². The average molecular weight is 384 g/mol. The van der Waals surface area contributed by atoms with E-state index in [1.165, 1.54) is 13.1 Å². The van der Waals surface area contributed by atoms with Gasteiger partial charge in [-0.15, -0.1) is 0 Å². The lowest BCUT2D eigenvalue weighted by Gasteiger charge is -2.30. The zero-order valence-electron chi connectivity index (χ0n) is 14.8. The maximum atomic E-state index is 14.4. The Bertz CT molecular complexity index is 825. The van der Waals surface area contributed by atoms with E-state index in [0.717, 1.165) is 10.8 Å². The largest absolute Gasteiger partial charge is 0.401 e. The van der Waals surface area contributed by atoms with Gasteiger partial charge in [0.25, 0.3) is 5.92 Å². The average Bonchev–Trinajstić information content (AvgIpc) is 2.88. The van der Waals surface area contributed by atoms with E-state index < -0.39 is 30.4 Å². The van der Waals surface area contributed by atoms with Gasteiger partial charge in [0.15, 0.2) is 0 Å². The van der Waals surface area contributed by atoms with Crippen molar-refractivity contribution in [2.24, 2.45) is 5.73 Å². The van der Waals surface area contributed by atoms with Crippen LogP contribution >= 0.6 is 0 Å². The number of carbonyl (C=O) groups is 1. The third kappa shape index (κ3) is 3.93. The molecule has 0 aromatic carbocycles. The molecule has 1 unspecified atom stereocenters. The molecule has 3 heterocycles. The maximum Gasteiger partial charge on any atom is 0.351 e. The van der Waals surface area contributed by atoms with E-state index in [2.05, 4.69) is 10.3 Å². The van der Waals surface area contributed by atoms with Crippen LogP contribution in [-0.4, -0.2) is 59.1 Å². The molecule has 148 valence electrons. The van der Waals surface area contributed by atoms with Gasteiger partial charge < -0.3 is 21.5 Å². The van der Waals surface area contributed by atoms with Crippen molar-refractivity contribution in [1.29, 1.82) is 0 Å². The number of nitrogen functional groups attached to an aromatic ring is 1. The number of nitrogens with one attached hydrogen (secondary N) is 1. The molecular formula is C16H22F2N6O3. The number of halogens is 2. The Hall–Kier alpha value is -2.53. The highest BCUT2D eigenvalue weighted by atomic mass is 19.3. The number of carbonyl (C=O) groups excluding carboxylic acids is 1. The van der Waals surface area contributed by atoms with Crippen molar-refractivity contribution in [3.8, 4) is 0 Å². The van der Waals surface area contributed by atoms with Crippen LogP contribution in [0.4, 0.5) is 14.6 Å². The second-order valence-corrected chi connectivity index (χ2v) is 6.69. The van der Waals surface area contributed by atoms with Crippen LogP contribution in [0.15, 0.2) is 28.3 Å². The van der Waals surface area contributed by atoms with Crippen LogP contribution in [0, 0.1) is 0 Å². The van der Waals surface area contributed by atoms with Crippen molar-refractivity contribution in [1.82, 2.24) is 19.8 Å². The van der Waals surface area contributed by atoms with Crippen molar-refractivity contribution in [3.63, 3.8) is 0 Å². The number of hydrogen-bond donors (Lipinski definition) is 3. The van der Waals surface area contributed by atoms with E-state index in [1.807, 2.05) is 4.90 Å². The smallest absolute Gasteiger partial charge is 0.351 e. The predicted octanol–water partition coefficient (Wildman–Crippen LogP) is -0.587. The summed E-state index contributed by atoms with van der Waals surface area (Å²) in [6, 6.07) is 1.27. The summed E-state index contributed by atoms with van der Waals surface area (Å²) >= 11 is 0. The summed E-state index contributed by atoms with van der Waals surface area (Å²) in [4.78, 5) is 28.9. The number of hydrogen-bond acceptors (Lipinski definition) is 7. The monoisotopic (exact) mass is 384 g/mol. The molecule has 2 aliphatic rings. The Morgan fingerprint density at radius 3 is 2.85 bits per heavy atom. The topological polar surface area (TPSA) is 128 Å². The number of rotatable bonds is 4. The molecule has 11 heteroatoms. The molecule has 1 fully saturated rings. The molecular weight excluding hydrogens is 362 g/mol. The van der Waals surface area contributed by atoms with Crippen LogP contribution in [0.2, 0.25) is 0 Å². The summed E-state index contributed by atoms with van der Waals surface area (Å²) in [5.41, 5.74) is 11.4. The highest BCUT2D eigenvalue weighted by Crippen LogP contribution is 2.42. The Kier molecular flexibility index (Phi) is 5.16. The summed E-state index contributed by atoms with van der Waals surface area (Å²) in [6.07, 6.45) is -1.47. The first-order valence-corrected chi connectivity index (χ1v) is 8.51. The third-order valence-corrected chi connectivity index (χ3v) is 4.71. The van der Waals surface area contributed by atoms with Gasteiger partial charge in [-0.2, -0.15) is 4.98 Å². The number of anilines is 1. The molecule has 0 saturated carbocycles. The first-order valence-electron chi connectivity index (χ1n) is 8.51. The molecule has 27 heavy (non-hydrogen) atoms. The van der Waals surface area contributed by atoms with Crippen LogP contribution in [0.5, 0.6) is 0 Å². The minimum atomic E-state index is -3.23. The third-order valence-electron chi connectivity index (χ3n) is 4.71. The van der Waals surface area contributed by atoms with Crippen LogP contribution in [0.3, 0.4) is 0 Å². The quantitative estimate of drug-likeness (QED) is 0.633. The van der Waals surface area contributed by atoms with Gasteiger partial charge in [0.2, 0.25) is 12.1 Å². The molecule has 1 saturated heterocycles. The molecule has 2 aliphatic heterocycles. The highest BCUT2D eigenvalue weighted by Gasteiger charge is 2.52. The normalized spacial score (nSPS) is 25.6. The van der Waals surface area contributed by atoms with Crippen molar-refractivity contribution >= 4 is 11.7 Å². The number of likely N-dealkylation sites (N-methyl/N-ethyl adjacent to an activating group) is 1. The fourth-order valence-corrected chi connectivity index (χ4v) is 3.42. The maximum absolute atomic E-state index is 14.4. The minimum Gasteiger partial charge on any atom is -0.401 e. The predicted molar refractivity (Wildman–Crippen MR) is 92.7 cm³/mol. The zero-order valence-corrected chi connectivity index (χ0v) is 14.8. The Balaban J connectivity index is 1.69. The van der Waals surface area contributed by atoms with Crippen LogP contribution in [-0.2, 0) is 9.53 Å². The van der Waals surface area contributed by atoms with Gasteiger partial charge in [0, 0.05) is 50.6 Å². The molecule has 2 atom stereocenters. The van der Waals surface area contributed by atoms with Crippen molar-refractivity contribution < 1.29 is 18.3 Å². The molecule has 0 bridgehead atoms. The number of alkyl halides is 2. The molecule has 5 N–H and O–H groups in total. The molecule has 3 rings (SSSR count). The molecule has 0 spiro atoms. The van der Waals surface area contributed by atoms with Gasteiger partial charge in [0.05, 0.1) is 6.10 Å². The summed E-state index contributed by atoms with van der Waals surface area (Å²) in [6.45, 7) is 1.01. The van der Waals surface area contributed by atoms with Gasteiger partial charge in [-0.1, -0.05) is 0 Å². The van der Waals surface area contributed by atoms with Gasteiger partial charge in [0.1, 0.15) is 5.82 Å². The summed E-state index contributed by atoms with van der Waals surface area (Å²) in [7, 11) is 1.53. The van der Waals surface area contributed by atoms with Gasteiger partial charge >= 0.3 is 5.69 Å². The highest BCUT2D eigenvalue weighted by molar-refractivity contribution is 5.94. The summed E-state index contributed by atoms with van der Waals surface area (Å²) < 4.78 is 35.1. The molecule has 1 aromatic rings. The van der Waals surface area contributed by atoms with Gasteiger partial charge in [-0.25, -0.2) is 13.6 Å². The van der Waals surface area contributed by atoms with E-state index in [-0.39, 0.29) is 18.3 Å². The van der Waals surface area contributed by atoms with Crippen molar-refractivity contribution in [2.75, 3.05) is 32.4 Å². The lowest BCUT2D eigenvalue weighted by molar-refractivity contribution is -0.119. The van der Waals surface area contributed by atoms with Crippen LogP contribution < -0.4 is 22.5 Å². The Labute approximate surface area is 154 Å². The number of nitrogens with zero attached hydrogens (tertiary/aromatic N) is 3. The minimum absolute atomic E-state index is 0.0448. The fourth-order valence-electron chi connectivity index (χ4n) is 3.42. The first kappa shape index (κ1) is 19.2. The Morgan fingerprint density at radius 2 is 2.22 bits per heavy atom. The van der Waals surface area contributed by atoms with E-state index in [9.17, 15) is 18.4 Å². The molecule has 1 amide bonds. The standard InChI is InChI=1S/C16H22F2N6O3/c1-21-13(25)10-2-4-23(8-11(10)19)7-9-6-16(17,18)14(27-9)24-5-3-12(20)22-15(24)26/h3,5,9,14H,2,4,6-8,19H2,1H3,(H,21,25)(H2,20,22,26)/t9?,14-/m1/s1. The van der Waals surface area contributed by atoms with Crippen LogP contribution in [0.25, 0.3) is 0 Å². The lowest BCUT2D eigenvalue weighted by Crippen LogP contribution is -2.41. The van der Waals surface area contributed by atoms with Crippen LogP contribution in [0.1, 0.15) is 19.1 Å². The summed E-state index contributed by atoms with van der Waals surface area (Å²) in [5.74, 6) is -3.50. The number of aromatic nitrogens is 2. The molecule has 0 radical (unpaired) electrons. The van der Waals surface area contributed by atoms with Crippen molar-refractivity contribution in [3.05, 3.63) is 34.0 Å². The van der Waals surface area contributed by atoms with Gasteiger partial charge in [-0.3, -0.25) is 14.3 Å². The summed E-state index contributed by atoms with van der Waals surface area (Å²) in [5, 5.41) is 2.53. The second kappa shape index (κ2) is 7.24. The van der Waals surface area contributed by atoms with E-state index in [0.29, 0.717) is 30.8 Å². The number of amides is 1. The molecule has 9 nitrogen and oxygen atoms in total. The van der Waals surface area contributed by atoms with Gasteiger partial charge in [-0.05, 0) is 12.5 Å². The zero-order chi connectivity index (χ0) is 19.8. The molecule has 1 aromatic heterocycles. The first-order chi connectivity index (χ1) is 12.7. The fraction of sp³-hybridized carbons (Fsp3) is 0.562. The van der Waals surface area contributed by atoms with E-state index in [1.54, 1.807) is 0 Å². The second-order valence-electron chi connectivity index (χ2n) is 6.69. The Morgan fingerprint density at radius 1 is 1.48 bits per heavy atom.